The van der Waals surface area contributed by atoms with Crippen molar-refractivity contribution >= 4 is 10.6 Å². The van der Waals surface area contributed by atoms with Crippen molar-refractivity contribution in [2.24, 2.45) is 46.3 Å². The fraction of sp³-hybridized carbons (Fsp3) is 0.930. The second-order valence-electron chi connectivity index (χ2n) is 22.9. The lowest BCUT2D eigenvalue weighted by Gasteiger charge is -2.58. The van der Waals surface area contributed by atoms with Gasteiger partial charge in [-0.3, -0.25) is 13.3 Å². The number of unbranched alkanes of at least 4 members (excludes halogenated alkanes) is 14. The largest absolute Gasteiger partial charge is 0.395 e. The van der Waals surface area contributed by atoms with Crippen LogP contribution >= 0.6 is 10.6 Å². The number of fused-ring (bicyclic) bond motifs is 5. The summed E-state index contributed by atoms with van der Waals surface area (Å²) in [7, 11) is -1.72. The van der Waals surface area contributed by atoms with Crippen molar-refractivity contribution in [2.45, 2.75) is 240 Å². The van der Waals surface area contributed by atoms with Crippen LogP contribution in [0.3, 0.4) is 0 Å². The highest BCUT2D eigenvalue weighted by molar-refractivity contribution is 8.24. The van der Waals surface area contributed by atoms with E-state index in [0.29, 0.717) is 30.5 Å². The van der Waals surface area contributed by atoms with Crippen LogP contribution in [0.5, 0.6) is 0 Å². The highest BCUT2D eigenvalue weighted by Gasteiger charge is 2.59. The fourth-order valence-electron chi connectivity index (χ4n) is 13.5. The lowest BCUT2D eigenvalue weighted by molar-refractivity contribution is -0.137. The Morgan fingerprint density at radius 2 is 1.38 bits per heavy atom. The van der Waals surface area contributed by atoms with Gasteiger partial charge in [0.2, 0.25) is 0 Å². The van der Waals surface area contributed by atoms with Crippen molar-refractivity contribution in [3.8, 4) is 0 Å². The second kappa shape index (κ2) is 30.3. The van der Waals surface area contributed by atoms with E-state index in [-0.39, 0.29) is 25.6 Å². The quantitative estimate of drug-likeness (QED) is 0.0371. The molecule has 6 nitrogen and oxygen atoms in total. The molecular formula is C57H107NO5S. The van der Waals surface area contributed by atoms with Crippen LogP contribution in [0, 0.1) is 46.3 Å². The predicted octanol–water partition coefficient (Wildman–Crippen LogP) is 15.6. The van der Waals surface area contributed by atoms with Crippen molar-refractivity contribution in [3.63, 3.8) is 0 Å². The Hall–Kier alpha value is -0.410. The third-order valence-corrected chi connectivity index (χ3v) is 18.6. The maximum Gasteiger partial charge on any atom is 0.180 e. The van der Waals surface area contributed by atoms with Crippen molar-refractivity contribution in [2.75, 3.05) is 52.0 Å². The van der Waals surface area contributed by atoms with E-state index in [0.717, 1.165) is 93.4 Å². The first-order valence-corrected chi connectivity index (χ1v) is 30.2. The molecule has 4 rings (SSSR count). The molecule has 0 aliphatic heterocycles. The first-order chi connectivity index (χ1) is 30.9. The van der Waals surface area contributed by atoms with E-state index in [1.165, 1.54) is 135 Å². The van der Waals surface area contributed by atoms with E-state index in [2.05, 4.69) is 77.2 Å². The molecule has 0 aromatic heterocycles. The summed E-state index contributed by atoms with van der Waals surface area (Å²) in [4.78, 5) is 2.15. The Labute approximate surface area is 399 Å². The predicted molar refractivity (Wildman–Crippen MR) is 277 cm³/mol. The Kier molecular flexibility index (Phi) is 26.6. The van der Waals surface area contributed by atoms with Gasteiger partial charge in [-0.15, -0.1) is 0 Å². The topological polar surface area (TPSA) is 71.4 Å². The number of hydrogen-bond acceptors (Lipinski definition) is 6. The van der Waals surface area contributed by atoms with E-state index >= 15 is 0 Å². The zero-order chi connectivity index (χ0) is 46.3. The third kappa shape index (κ3) is 18.5. The van der Waals surface area contributed by atoms with Crippen molar-refractivity contribution in [1.29, 1.82) is 0 Å². The van der Waals surface area contributed by atoms with Crippen LogP contribution in [0.15, 0.2) is 23.8 Å². The average molecular weight is 919 g/mol. The van der Waals surface area contributed by atoms with Gasteiger partial charge in [0.25, 0.3) is 0 Å². The normalized spacial score (nSPS) is 28.4. The zero-order valence-corrected chi connectivity index (χ0v) is 44.4. The van der Waals surface area contributed by atoms with E-state index in [1.54, 1.807) is 5.57 Å². The van der Waals surface area contributed by atoms with E-state index in [4.69, 9.17) is 13.1 Å². The highest BCUT2D eigenvalue weighted by Crippen LogP contribution is 2.67. The Morgan fingerprint density at radius 3 is 2.06 bits per heavy atom. The lowest BCUT2D eigenvalue weighted by atomic mass is 9.47. The summed E-state index contributed by atoms with van der Waals surface area (Å²) in [6, 6.07) is 0. The van der Waals surface area contributed by atoms with Crippen LogP contribution in [0.2, 0.25) is 0 Å². The molecule has 0 amide bonds. The van der Waals surface area contributed by atoms with Gasteiger partial charge in [-0.2, -0.15) is 10.6 Å². The summed E-state index contributed by atoms with van der Waals surface area (Å²) in [6.07, 6.45) is 49.1. The van der Waals surface area contributed by atoms with Gasteiger partial charge in [0.1, 0.15) is 0 Å². The zero-order valence-electron chi connectivity index (χ0n) is 43.6. The molecule has 0 heterocycles. The average Bonchev–Trinajstić information content (AvgIpc) is 3.62. The molecule has 3 fully saturated rings. The van der Waals surface area contributed by atoms with Crippen LogP contribution in [0.1, 0.15) is 228 Å². The molecule has 4 aliphatic carbocycles. The molecule has 7 heteroatoms. The van der Waals surface area contributed by atoms with Crippen molar-refractivity contribution < 1.29 is 23.3 Å². The van der Waals surface area contributed by atoms with Crippen LogP contribution in [0.25, 0.3) is 0 Å². The first-order valence-electron chi connectivity index (χ1n) is 27.9. The molecule has 0 aromatic carbocycles. The number of rotatable bonds is 36. The SMILES string of the molecule is CCCCCCCC/C=C\CCCCCCCC(OC1CCC2(C)C(=CCC3C2CCC2(C)C(C(C)CCCC(C)C)CCC32)C1)OS(C)(C)OCCCCCCN(CCO)CCO. The lowest BCUT2D eigenvalue weighted by Crippen LogP contribution is -2.51. The maximum absolute atomic E-state index is 9.33. The van der Waals surface area contributed by atoms with Crippen LogP contribution in [-0.2, 0) is 13.1 Å². The van der Waals surface area contributed by atoms with Crippen LogP contribution < -0.4 is 0 Å². The monoisotopic (exact) mass is 918 g/mol. The summed E-state index contributed by atoms with van der Waals surface area (Å²) >= 11 is 0. The molecule has 4 aliphatic rings. The van der Waals surface area contributed by atoms with E-state index in [1.807, 2.05) is 0 Å². The summed E-state index contributed by atoms with van der Waals surface area (Å²) in [5.74, 6) is 5.21. The van der Waals surface area contributed by atoms with Gasteiger partial charge in [0.05, 0.1) is 25.9 Å². The summed E-state index contributed by atoms with van der Waals surface area (Å²) in [5, 5.41) is 18.7. The minimum Gasteiger partial charge on any atom is -0.395 e. The number of aliphatic hydroxyl groups excluding tert-OH is 2. The van der Waals surface area contributed by atoms with Crippen LogP contribution in [-0.4, -0.2) is 79.5 Å². The minimum atomic E-state index is -1.72. The Balaban J connectivity index is 1.27. The maximum atomic E-state index is 9.33. The molecule has 0 radical (unpaired) electrons. The van der Waals surface area contributed by atoms with Gasteiger partial charge >= 0.3 is 0 Å². The first kappa shape index (κ1) is 56.2. The second-order valence-corrected chi connectivity index (χ2v) is 25.6. The van der Waals surface area contributed by atoms with Gasteiger partial charge in [-0.05, 0) is 149 Å². The fourth-order valence-corrected chi connectivity index (χ4v) is 14.7. The number of ether oxygens (including phenoxy) is 1. The Morgan fingerprint density at radius 1 is 0.719 bits per heavy atom. The number of allylic oxidation sites excluding steroid dienone is 3. The molecule has 9 unspecified atom stereocenters. The molecule has 3 saturated carbocycles. The van der Waals surface area contributed by atoms with Crippen molar-refractivity contribution in [1.82, 2.24) is 4.90 Å². The molecule has 0 spiro atoms. The summed E-state index contributed by atoms with van der Waals surface area (Å²) in [6.45, 7) is 18.3. The molecule has 0 bridgehead atoms. The number of hydrogen-bond donors (Lipinski definition) is 2. The van der Waals surface area contributed by atoms with E-state index < -0.39 is 10.6 Å². The smallest absolute Gasteiger partial charge is 0.180 e. The van der Waals surface area contributed by atoms with Crippen molar-refractivity contribution in [3.05, 3.63) is 23.8 Å². The number of nitrogens with zero attached hydrogens (tertiary/aromatic N) is 1. The summed E-state index contributed by atoms with van der Waals surface area (Å²) in [5.41, 5.74) is 2.58. The molecule has 2 N–H and O–H groups in total. The van der Waals surface area contributed by atoms with Gasteiger partial charge in [-0.1, -0.05) is 149 Å². The van der Waals surface area contributed by atoms with Gasteiger partial charge in [0.15, 0.2) is 6.29 Å². The van der Waals surface area contributed by atoms with Gasteiger partial charge in [-0.25, -0.2) is 0 Å². The van der Waals surface area contributed by atoms with E-state index in [9.17, 15) is 10.2 Å². The molecular weight excluding hydrogens is 811 g/mol. The molecule has 0 aromatic rings. The molecule has 0 saturated heterocycles. The number of aliphatic hydroxyl groups is 2. The third-order valence-electron chi connectivity index (χ3n) is 17.2. The molecule has 64 heavy (non-hydrogen) atoms. The van der Waals surface area contributed by atoms with Gasteiger partial charge < -0.3 is 14.9 Å². The van der Waals surface area contributed by atoms with Gasteiger partial charge in [0, 0.05) is 32.0 Å². The summed E-state index contributed by atoms with van der Waals surface area (Å²) < 4.78 is 20.5. The Bertz CT molecular complexity index is 1280. The highest BCUT2D eigenvalue weighted by atomic mass is 32.3. The van der Waals surface area contributed by atoms with Crippen LogP contribution in [0.4, 0.5) is 0 Å². The molecule has 9 atom stereocenters. The standard InChI is InChI=1S/C57H107NO5S/c1-9-10-11-12-13-14-15-16-17-18-19-20-21-22-25-31-55(63-64(7,8)61-45-27-24-23-26-40-58(41-43-59)42-44-60)62-50-36-38-56(5)49(46-50)32-33-51-53-35-34-52(48(4)30-28-29-47(2)3)57(53,6)39-37-54(51)56/h16-17,32,47-48,50-55,59-60H,9-15,18-31,33-46H2,1-8H3/b17-16-. The molecule has 376 valence electrons. The minimum absolute atomic E-state index is 0.144.